The van der Waals surface area contributed by atoms with E-state index in [1.165, 1.54) is 43.0 Å². The largest absolute Gasteiger partial charge is 1.00 e. The number of rotatable bonds is 8. The third-order valence-electron chi connectivity index (χ3n) is 4.38. The fraction of sp³-hybridized carbons (Fsp3) is 0.333. The van der Waals surface area contributed by atoms with Gasteiger partial charge >= 0.3 is 0 Å². The summed E-state index contributed by atoms with van der Waals surface area (Å²) in [6.45, 7) is 2.26. The van der Waals surface area contributed by atoms with Crippen molar-refractivity contribution in [3.05, 3.63) is 73.2 Å². The lowest BCUT2D eigenvalue weighted by Gasteiger charge is -2.02. The maximum absolute atomic E-state index is 2.38. The van der Waals surface area contributed by atoms with E-state index in [1.807, 2.05) is 0 Å². The normalized spacial score (nSPS) is 10.1. The van der Waals surface area contributed by atoms with Gasteiger partial charge in [-0.05, 0) is 25.0 Å². The van der Waals surface area contributed by atoms with E-state index in [1.54, 1.807) is 0 Å². The summed E-state index contributed by atoms with van der Waals surface area (Å²) in [7, 11) is 0. The number of aryl methyl sites for hydroxylation is 2. The van der Waals surface area contributed by atoms with E-state index in [9.17, 15) is 0 Å². The molecule has 0 radical (unpaired) electrons. The molecule has 0 saturated heterocycles. The molecular weight excluding hydrogens is 440 g/mol. The van der Waals surface area contributed by atoms with Crippen molar-refractivity contribution in [2.24, 2.45) is 0 Å². The average molecular weight is 466 g/mol. The minimum Gasteiger partial charge on any atom is -1.00 e. The van der Waals surface area contributed by atoms with Crippen molar-refractivity contribution in [2.75, 3.05) is 0 Å². The Morgan fingerprint density at radius 3 is 2.00 bits per heavy atom. The van der Waals surface area contributed by atoms with Crippen LogP contribution < -0.4 is 43.1 Å². The number of benzene rings is 1. The van der Waals surface area contributed by atoms with E-state index in [-0.39, 0.29) is 34.0 Å². The molecule has 0 atom stereocenters. The van der Waals surface area contributed by atoms with Crippen LogP contribution in [0.5, 0.6) is 0 Å². The molecular formula is C21H26Br2N2. The summed E-state index contributed by atoms with van der Waals surface area (Å²) < 4.78 is 4.65. The van der Waals surface area contributed by atoms with Gasteiger partial charge in [0.2, 0.25) is 5.52 Å². The topological polar surface area (TPSA) is 7.76 Å². The van der Waals surface area contributed by atoms with Gasteiger partial charge in [-0.3, -0.25) is 0 Å². The third kappa shape index (κ3) is 6.87. The predicted molar refractivity (Wildman–Crippen MR) is 93.9 cm³/mol. The van der Waals surface area contributed by atoms with E-state index in [0.717, 1.165) is 13.1 Å². The van der Waals surface area contributed by atoms with Gasteiger partial charge in [0, 0.05) is 42.5 Å². The Labute approximate surface area is 172 Å². The standard InChI is InChI=1S/C21H26N2.2BrH/c1(2-7-15-22-16-8-4-9-17-22)3-10-18-23-19-11-13-20-12-5-6-14-21(20)23;;/h4-6,8-9,11-14,16-17,19H,1-3,7,10,15,18H2;2*1H/q+2;;/p-2. The van der Waals surface area contributed by atoms with Crippen LogP contribution in [0.4, 0.5) is 0 Å². The Kier molecular flexibility index (Phi) is 10.6. The molecule has 0 unspecified atom stereocenters. The molecule has 2 aromatic heterocycles. The van der Waals surface area contributed by atoms with Crippen molar-refractivity contribution >= 4 is 10.9 Å². The van der Waals surface area contributed by atoms with Gasteiger partial charge in [-0.15, -0.1) is 0 Å². The average Bonchev–Trinajstić information content (AvgIpc) is 2.62. The number of aromatic nitrogens is 2. The summed E-state index contributed by atoms with van der Waals surface area (Å²) in [6.07, 6.45) is 13.0. The molecule has 2 heterocycles. The molecule has 3 aromatic rings. The molecule has 4 heteroatoms. The fourth-order valence-electron chi connectivity index (χ4n) is 3.11. The monoisotopic (exact) mass is 464 g/mol. The first-order valence-corrected chi connectivity index (χ1v) is 8.75. The lowest BCUT2D eigenvalue weighted by molar-refractivity contribution is -0.697. The van der Waals surface area contributed by atoms with Crippen molar-refractivity contribution < 1.29 is 43.1 Å². The third-order valence-corrected chi connectivity index (χ3v) is 4.38. The van der Waals surface area contributed by atoms with Gasteiger partial charge in [-0.1, -0.05) is 24.6 Å². The molecule has 0 aliphatic rings. The highest BCUT2D eigenvalue weighted by molar-refractivity contribution is 5.74. The molecule has 134 valence electrons. The number of hydrogen-bond donors (Lipinski definition) is 0. The number of unbranched alkanes of at least 4 members (excludes halogenated alkanes) is 4. The zero-order valence-electron chi connectivity index (χ0n) is 14.5. The van der Waals surface area contributed by atoms with Crippen LogP contribution in [0.15, 0.2) is 73.2 Å². The van der Waals surface area contributed by atoms with E-state index in [0.29, 0.717) is 0 Å². The molecule has 3 rings (SSSR count). The van der Waals surface area contributed by atoms with Gasteiger partial charge in [0.25, 0.3) is 0 Å². The molecule has 0 bridgehead atoms. The number of hydrogen-bond acceptors (Lipinski definition) is 0. The van der Waals surface area contributed by atoms with Crippen LogP contribution in [0.3, 0.4) is 0 Å². The van der Waals surface area contributed by atoms with Crippen LogP contribution in [0, 0.1) is 0 Å². The number of fused-ring (bicyclic) bond motifs is 1. The van der Waals surface area contributed by atoms with E-state index < -0.39 is 0 Å². The van der Waals surface area contributed by atoms with Crippen LogP contribution in [0.25, 0.3) is 10.9 Å². The van der Waals surface area contributed by atoms with E-state index in [4.69, 9.17) is 0 Å². The second-order valence-electron chi connectivity index (χ2n) is 6.14. The maximum Gasteiger partial charge on any atom is 0.212 e. The lowest BCUT2D eigenvalue weighted by atomic mass is 10.1. The van der Waals surface area contributed by atoms with Crippen molar-refractivity contribution in [1.29, 1.82) is 0 Å². The Bertz CT molecular complexity index is 727. The highest BCUT2D eigenvalue weighted by Gasteiger charge is 2.06. The predicted octanol–water partition coefficient (Wildman–Crippen LogP) is -1.93. The van der Waals surface area contributed by atoms with Crippen LogP contribution >= 0.6 is 0 Å². The number of nitrogens with zero attached hydrogens (tertiary/aromatic N) is 2. The van der Waals surface area contributed by atoms with E-state index >= 15 is 0 Å². The molecule has 0 N–H and O–H groups in total. The second-order valence-corrected chi connectivity index (χ2v) is 6.14. The van der Waals surface area contributed by atoms with Gasteiger partial charge < -0.3 is 34.0 Å². The Hall–Kier alpha value is -1.26. The summed E-state index contributed by atoms with van der Waals surface area (Å²) in [5.74, 6) is 0. The molecule has 0 saturated carbocycles. The van der Waals surface area contributed by atoms with Crippen molar-refractivity contribution in [3.63, 3.8) is 0 Å². The second kappa shape index (κ2) is 12.2. The van der Waals surface area contributed by atoms with Crippen molar-refractivity contribution in [3.8, 4) is 0 Å². The van der Waals surface area contributed by atoms with Crippen molar-refractivity contribution in [2.45, 2.75) is 45.2 Å². The van der Waals surface area contributed by atoms with Gasteiger partial charge in [0.1, 0.15) is 13.1 Å². The molecule has 0 spiro atoms. The number of para-hydroxylation sites is 1. The minimum absolute atomic E-state index is 0. The first kappa shape index (κ1) is 21.8. The number of halogens is 2. The SMILES string of the molecule is [Br-].[Br-].c1cc[n+](CCCCCCC[n+]2cccc3ccccc32)cc1. The van der Waals surface area contributed by atoms with Crippen molar-refractivity contribution in [1.82, 2.24) is 0 Å². The first-order valence-electron chi connectivity index (χ1n) is 8.75. The highest BCUT2D eigenvalue weighted by Crippen LogP contribution is 2.09. The summed E-state index contributed by atoms with van der Waals surface area (Å²) in [5, 5.41) is 1.33. The van der Waals surface area contributed by atoms with Gasteiger partial charge in [0.05, 0.1) is 0 Å². The molecule has 0 fully saturated rings. The molecule has 25 heavy (non-hydrogen) atoms. The summed E-state index contributed by atoms with van der Waals surface area (Å²) in [5.41, 5.74) is 1.34. The molecule has 0 amide bonds. The fourth-order valence-corrected chi connectivity index (χ4v) is 3.11. The lowest BCUT2D eigenvalue weighted by Crippen LogP contribution is -3.00. The minimum atomic E-state index is 0. The Morgan fingerprint density at radius 2 is 1.20 bits per heavy atom. The molecule has 1 aromatic carbocycles. The van der Waals surface area contributed by atoms with Crippen LogP contribution in [0.2, 0.25) is 0 Å². The van der Waals surface area contributed by atoms with Crippen LogP contribution in [0.1, 0.15) is 32.1 Å². The van der Waals surface area contributed by atoms with Crippen LogP contribution in [-0.2, 0) is 13.1 Å². The Balaban J connectivity index is 0.00000156. The number of pyridine rings is 2. The van der Waals surface area contributed by atoms with Gasteiger partial charge in [0.15, 0.2) is 18.6 Å². The van der Waals surface area contributed by atoms with E-state index in [2.05, 4.69) is 82.3 Å². The molecule has 2 nitrogen and oxygen atoms in total. The Morgan fingerprint density at radius 1 is 0.560 bits per heavy atom. The summed E-state index contributed by atoms with van der Waals surface area (Å²) in [4.78, 5) is 0. The molecule has 0 aliphatic carbocycles. The summed E-state index contributed by atoms with van der Waals surface area (Å²) >= 11 is 0. The zero-order chi connectivity index (χ0) is 15.7. The first-order chi connectivity index (χ1) is 11.4. The molecule has 0 aliphatic heterocycles. The smallest absolute Gasteiger partial charge is 0.212 e. The van der Waals surface area contributed by atoms with Crippen LogP contribution in [-0.4, -0.2) is 0 Å². The summed E-state index contributed by atoms with van der Waals surface area (Å²) in [6, 6.07) is 19.2. The van der Waals surface area contributed by atoms with Gasteiger partial charge in [-0.25, -0.2) is 4.57 Å². The van der Waals surface area contributed by atoms with Gasteiger partial charge in [-0.2, -0.15) is 4.57 Å². The maximum atomic E-state index is 2.38. The quantitative estimate of drug-likeness (QED) is 0.270. The highest BCUT2D eigenvalue weighted by atomic mass is 79.9. The zero-order valence-corrected chi connectivity index (χ0v) is 17.7.